The van der Waals surface area contributed by atoms with Gasteiger partial charge >= 0.3 is 0 Å². The summed E-state index contributed by atoms with van der Waals surface area (Å²) in [6, 6.07) is 10.1. The Hall–Kier alpha value is -1.61. The lowest BCUT2D eigenvalue weighted by Crippen LogP contribution is -2.06. The largest absolute Gasteiger partial charge is 0.361 e. The summed E-state index contributed by atoms with van der Waals surface area (Å²) in [4.78, 5) is 0. The molecule has 1 N–H and O–H groups in total. The van der Waals surface area contributed by atoms with Crippen LogP contribution in [-0.2, 0) is 6.54 Å². The average molecular weight is 232 g/mol. The monoisotopic (exact) mass is 232 g/mol. The summed E-state index contributed by atoms with van der Waals surface area (Å²) in [7, 11) is 1.92. The molecule has 0 fully saturated rings. The summed E-state index contributed by atoms with van der Waals surface area (Å²) in [5, 5.41) is 7.21. The van der Waals surface area contributed by atoms with Crippen molar-refractivity contribution >= 4 is 0 Å². The fourth-order valence-electron chi connectivity index (χ4n) is 1.60. The highest BCUT2D eigenvalue weighted by molar-refractivity contribution is 5.63. The molecule has 0 aliphatic carbocycles. The molecule has 17 heavy (non-hydrogen) atoms. The Morgan fingerprint density at radius 3 is 2.41 bits per heavy atom. The van der Waals surface area contributed by atoms with E-state index in [-0.39, 0.29) is 0 Å². The van der Waals surface area contributed by atoms with Gasteiger partial charge in [-0.3, -0.25) is 0 Å². The average Bonchev–Trinajstić information content (AvgIpc) is 2.75. The predicted octanol–water partition coefficient (Wildman–Crippen LogP) is 3.40. The van der Waals surface area contributed by atoms with Crippen LogP contribution in [0.4, 0.5) is 0 Å². The second-order valence-corrected chi connectivity index (χ2v) is 3.46. The van der Waals surface area contributed by atoms with Crippen LogP contribution in [0.1, 0.15) is 25.2 Å². The van der Waals surface area contributed by atoms with Crippen molar-refractivity contribution in [3.8, 4) is 11.3 Å². The number of benzene rings is 1. The van der Waals surface area contributed by atoms with Crippen molar-refractivity contribution in [1.82, 2.24) is 10.5 Å². The lowest BCUT2D eigenvalue weighted by atomic mass is 10.1. The van der Waals surface area contributed by atoms with Crippen LogP contribution in [0.5, 0.6) is 0 Å². The molecule has 0 aliphatic heterocycles. The molecule has 92 valence electrons. The highest BCUT2D eigenvalue weighted by atomic mass is 16.5. The molecule has 0 spiro atoms. The SMILES string of the molecule is CC.CNCc1c(-c2ccccc2)noc1C. The van der Waals surface area contributed by atoms with Gasteiger partial charge in [-0.15, -0.1) is 0 Å². The van der Waals surface area contributed by atoms with E-state index in [1.807, 2.05) is 58.2 Å². The minimum Gasteiger partial charge on any atom is -0.361 e. The van der Waals surface area contributed by atoms with Crippen molar-refractivity contribution in [2.45, 2.75) is 27.3 Å². The maximum atomic E-state index is 5.21. The first-order chi connectivity index (χ1) is 8.33. The van der Waals surface area contributed by atoms with E-state index in [0.717, 1.165) is 29.1 Å². The summed E-state index contributed by atoms with van der Waals surface area (Å²) in [6.45, 7) is 6.71. The number of aromatic nitrogens is 1. The maximum Gasteiger partial charge on any atom is 0.138 e. The van der Waals surface area contributed by atoms with E-state index in [1.54, 1.807) is 0 Å². The van der Waals surface area contributed by atoms with Gasteiger partial charge in [0.15, 0.2) is 0 Å². The van der Waals surface area contributed by atoms with Gasteiger partial charge in [0.25, 0.3) is 0 Å². The molecular formula is C14H20N2O. The van der Waals surface area contributed by atoms with Gasteiger partial charge in [-0.05, 0) is 14.0 Å². The van der Waals surface area contributed by atoms with Gasteiger partial charge < -0.3 is 9.84 Å². The normalized spacial score (nSPS) is 9.65. The third-order valence-corrected chi connectivity index (χ3v) is 2.39. The standard InChI is InChI=1S/C12H14N2O.C2H6/c1-9-11(8-13-2)12(14-15-9)10-6-4-3-5-7-10;1-2/h3-7,13H,8H2,1-2H3;1-2H3. The van der Waals surface area contributed by atoms with Crippen molar-refractivity contribution in [3.05, 3.63) is 41.7 Å². The fourth-order valence-corrected chi connectivity index (χ4v) is 1.60. The highest BCUT2D eigenvalue weighted by Crippen LogP contribution is 2.24. The van der Waals surface area contributed by atoms with Crippen LogP contribution in [0.25, 0.3) is 11.3 Å². The van der Waals surface area contributed by atoms with Gasteiger partial charge in [-0.2, -0.15) is 0 Å². The fraction of sp³-hybridized carbons (Fsp3) is 0.357. The molecule has 1 heterocycles. The second kappa shape index (κ2) is 6.86. The minimum absolute atomic E-state index is 0.777. The Balaban J connectivity index is 0.000000686. The molecule has 0 saturated carbocycles. The van der Waals surface area contributed by atoms with Crippen molar-refractivity contribution in [1.29, 1.82) is 0 Å². The first kappa shape index (κ1) is 13.5. The molecule has 0 amide bonds. The molecule has 0 bridgehead atoms. The molecule has 1 aromatic carbocycles. The van der Waals surface area contributed by atoms with Crippen molar-refractivity contribution in [2.24, 2.45) is 0 Å². The third kappa shape index (κ3) is 3.17. The van der Waals surface area contributed by atoms with Crippen LogP contribution in [0, 0.1) is 6.92 Å². The Bertz CT molecular complexity index is 435. The molecule has 0 saturated heterocycles. The number of aryl methyl sites for hydroxylation is 1. The van der Waals surface area contributed by atoms with Crippen molar-refractivity contribution < 1.29 is 4.52 Å². The molecule has 2 aromatic rings. The number of rotatable bonds is 3. The lowest BCUT2D eigenvalue weighted by molar-refractivity contribution is 0.398. The molecule has 3 heteroatoms. The van der Waals surface area contributed by atoms with Gasteiger partial charge in [-0.1, -0.05) is 49.3 Å². The number of nitrogens with one attached hydrogen (secondary N) is 1. The Morgan fingerprint density at radius 1 is 1.18 bits per heavy atom. The van der Waals surface area contributed by atoms with Crippen LogP contribution in [-0.4, -0.2) is 12.2 Å². The van der Waals surface area contributed by atoms with E-state index in [0.29, 0.717) is 0 Å². The quantitative estimate of drug-likeness (QED) is 0.881. The minimum atomic E-state index is 0.777. The molecule has 0 atom stereocenters. The van der Waals surface area contributed by atoms with Crippen LogP contribution < -0.4 is 5.32 Å². The Kier molecular flexibility index (Phi) is 5.43. The Labute approximate surface area is 103 Å². The zero-order valence-electron chi connectivity index (χ0n) is 10.9. The molecule has 0 aliphatic rings. The zero-order chi connectivity index (χ0) is 12.7. The number of nitrogens with zero attached hydrogens (tertiary/aromatic N) is 1. The smallest absolute Gasteiger partial charge is 0.138 e. The number of hydrogen-bond acceptors (Lipinski definition) is 3. The van der Waals surface area contributed by atoms with E-state index in [2.05, 4.69) is 10.5 Å². The van der Waals surface area contributed by atoms with Gasteiger partial charge in [0, 0.05) is 17.7 Å². The van der Waals surface area contributed by atoms with Crippen LogP contribution in [0.15, 0.2) is 34.9 Å². The first-order valence-corrected chi connectivity index (χ1v) is 5.98. The summed E-state index contributed by atoms with van der Waals surface area (Å²) < 4.78 is 5.21. The molecule has 1 aromatic heterocycles. The van der Waals surface area contributed by atoms with Gasteiger partial charge in [-0.25, -0.2) is 0 Å². The topological polar surface area (TPSA) is 38.1 Å². The van der Waals surface area contributed by atoms with Gasteiger partial charge in [0.1, 0.15) is 11.5 Å². The van der Waals surface area contributed by atoms with Crippen LogP contribution in [0.3, 0.4) is 0 Å². The summed E-state index contributed by atoms with van der Waals surface area (Å²) in [5.74, 6) is 0.878. The van der Waals surface area contributed by atoms with E-state index < -0.39 is 0 Å². The zero-order valence-corrected chi connectivity index (χ0v) is 10.9. The molecule has 2 rings (SSSR count). The predicted molar refractivity (Wildman–Crippen MR) is 70.8 cm³/mol. The summed E-state index contributed by atoms with van der Waals surface area (Å²) in [5.41, 5.74) is 3.16. The van der Waals surface area contributed by atoms with E-state index in [4.69, 9.17) is 4.52 Å². The number of hydrogen-bond donors (Lipinski definition) is 1. The highest BCUT2D eigenvalue weighted by Gasteiger charge is 2.12. The van der Waals surface area contributed by atoms with E-state index in [9.17, 15) is 0 Å². The Morgan fingerprint density at radius 2 is 1.82 bits per heavy atom. The maximum absolute atomic E-state index is 5.21. The van der Waals surface area contributed by atoms with Gasteiger partial charge in [0.05, 0.1) is 0 Å². The van der Waals surface area contributed by atoms with Crippen LogP contribution in [0.2, 0.25) is 0 Å². The molecule has 0 unspecified atom stereocenters. The van der Waals surface area contributed by atoms with Crippen molar-refractivity contribution in [3.63, 3.8) is 0 Å². The molecule has 0 radical (unpaired) electrons. The first-order valence-electron chi connectivity index (χ1n) is 5.98. The second-order valence-electron chi connectivity index (χ2n) is 3.46. The van der Waals surface area contributed by atoms with E-state index >= 15 is 0 Å². The molecule has 3 nitrogen and oxygen atoms in total. The van der Waals surface area contributed by atoms with E-state index in [1.165, 1.54) is 0 Å². The molecular weight excluding hydrogens is 212 g/mol. The van der Waals surface area contributed by atoms with Crippen molar-refractivity contribution in [2.75, 3.05) is 7.05 Å². The third-order valence-electron chi connectivity index (χ3n) is 2.39. The van der Waals surface area contributed by atoms with Crippen LogP contribution >= 0.6 is 0 Å². The lowest BCUT2D eigenvalue weighted by Gasteiger charge is -2.00. The van der Waals surface area contributed by atoms with Gasteiger partial charge in [0.2, 0.25) is 0 Å². The summed E-state index contributed by atoms with van der Waals surface area (Å²) in [6.07, 6.45) is 0. The summed E-state index contributed by atoms with van der Waals surface area (Å²) >= 11 is 0.